The van der Waals surface area contributed by atoms with Gasteiger partial charge in [-0.25, -0.2) is 18.9 Å². The van der Waals surface area contributed by atoms with E-state index in [1.165, 1.54) is 12.1 Å². The highest BCUT2D eigenvalue weighted by atomic mass is 19.1. The van der Waals surface area contributed by atoms with E-state index >= 15 is 0 Å². The van der Waals surface area contributed by atoms with Crippen molar-refractivity contribution in [3.63, 3.8) is 0 Å². The van der Waals surface area contributed by atoms with Gasteiger partial charge in [-0.05, 0) is 56.3 Å². The molecule has 0 aliphatic carbocycles. The van der Waals surface area contributed by atoms with Crippen LogP contribution in [0.3, 0.4) is 0 Å². The molecule has 1 saturated heterocycles. The molecule has 0 amide bonds. The molecule has 0 spiro atoms. The summed E-state index contributed by atoms with van der Waals surface area (Å²) in [5.74, 6) is 1.14. The van der Waals surface area contributed by atoms with E-state index in [1.807, 2.05) is 28.8 Å². The van der Waals surface area contributed by atoms with E-state index in [0.717, 1.165) is 60.2 Å². The first-order chi connectivity index (χ1) is 16.0. The first-order valence-corrected chi connectivity index (χ1v) is 11.2. The normalized spacial score (nSPS) is 14.9. The van der Waals surface area contributed by atoms with Crippen molar-refractivity contribution in [3.05, 3.63) is 60.5 Å². The fourth-order valence-electron chi connectivity index (χ4n) is 4.30. The van der Waals surface area contributed by atoms with Gasteiger partial charge in [0, 0.05) is 55.6 Å². The van der Waals surface area contributed by atoms with Crippen molar-refractivity contribution in [2.75, 3.05) is 38.2 Å². The summed E-state index contributed by atoms with van der Waals surface area (Å²) in [6.07, 6.45) is 1.71. The van der Waals surface area contributed by atoms with Crippen LogP contribution in [0.4, 0.5) is 10.2 Å². The summed E-state index contributed by atoms with van der Waals surface area (Å²) in [6.45, 7) is 8.34. The molecule has 33 heavy (non-hydrogen) atoms. The van der Waals surface area contributed by atoms with Gasteiger partial charge >= 0.3 is 0 Å². The number of halogens is 1. The molecule has 1 aromatic carbocycles. The second-order valence-electron chi connectivity index (χ2n) is 8.48. The van der Waals surface area contributed by atoms with Crippen LogP contribution in [0.1, 0.15) is 13.8 Å². The summed E-state index contributed by atoms with van der Waals surface area (Å²) in [5.41, 5.74) is 3.98. The molecule has 7 nitrogen and oxygen atoms in total. The highest BCUT2D eigenvalue weighted by Crippen LogP contribution is 2.34. The minimum atomic E-state index is -0.282. The lowest BCUT2D eigenvalue weighted by Gasteiger charge is -2.37. The molecule has 170 valence electrons. The predicted octanol–water partition coefficient (Wildman–Crippen LogP) is 4.14. The van der Waals surface area contributed by atoms with E-state index in [4.69, 9.17) is 14.8 Å². The second kappa shape index (κ2) is 8.78. The Balaban J connectivity index is 1.62. The second-order valence-corrected chi connectivity index (χ2v) is 8.48. The van der Waals surface area contributed by atoms with E-state index in [9.17, 15) is 4.39 Å². The van der Waals surface area contributed by atoms with Crippen LogP contribution < -0.4 is 9.64 Å². The summed E-state index contributed by atoms with van der Waals surface area (Å²) < 4.78 is 20.8. The maximum Gasteiger partial charge on any atom is 0.213 e. The molecule has 1 aliphatic rings. The first-order valence-electron chi connectivity index (χ1n) is 11.2. The zero-order valence-corrected chi connectivity index (χ0v) is 19.1. The number of piperazine rings is 1. The zero-order chi connectivity index (χ0) is 22.9. The van der Waals surface area contributed by atoms with Crippen molar-refractivity contribution in [1.29, 1.82) is 0 Å². The maximum absolute atomic E-state index is 13.6. The van der Waals surface area contributed by atoms with Gasteiger partial charge in [-0.15, -0.1) is 5.10 Å². The molecule has 0 unspecified atom stereocenters. The van der Waals surface area contributed by atoms with Crippen LogP contribution in [0.15, 0.2) is 54.7 Å². The monoisotopic (exact) mass is 446 g/mol. The smallest absolute Gasteiger partial charge is 0.213 e. The number of imidazole rings is 1. The van der Waals surface area contributed by atoms with Crippen molar-refractivity contribution in [3.8, 4) is 28.4 Å². The lowest BCUT2D eigenvalue weighted by Crippen LogP contribution is -2.49. The summed E-state index contributed by atoms with van der Waals surface area (Å²) in [5, 5.41) is 4.99. The summed E-state index contributed by atoms with van der Waals surface area (Å²) >= 11 is 0. The maximum atomic E-state index is 13.6. The van der Waals surface area contributed by atoms with Gasteiger partial charge in [0.1, 0.15) is 17.3 Å². The molecule has 8 heteroatoms. The number of benzene rings is 1. The SMILES string of the molecule is COc1cc(-c2c(-c3ccc(F)cc3)nc3ccc(N4CCN(C(C)C)CC4)nn23)ccn1. The minimum Gasteiger partial charge on any atom is -0.481 e. The number of hydrogen-bond donors (Lipinski definition) is 0. The molecule has 4 aromatic rings. The largest absolute Gasteiger partial charge is 0.481 e. The highest BCUT2D eigenvalue weighted by molar-refractivity contribution is 5.82. The lowest BCUT2D eigenvalue weighted by atomic mass is 10.1. The Morgan fingerprint density at radius 3 is 2.39 bits per heavy atom. The van der Waals surface area contributed by atoms with Crippen LogP contribution in [-0.2, 0) is 0 Å². The molecular weight excluding hydrogens is 419 g/mol. The number of hydrogen-bond acceptors (Lipinski definition) is 6. The van der Waals surface area contributed by atoms with E-state index in [1.54, 1.807) is 25.4 Å². The number of pyridine rings is 1. The minimum absolute atomic E-state index is 0.282. The standard InChI is InChI=1S/C25H27FN6O/c1-17(2)30-12-14-31(15-13-30)22-9-8-21-28-24(18-4-6-20(26)7-5-18)25(32(21)29-22)19-10-11-27-23(16-19)33-3/h4-11,16-17H,12-15H2,1-3H3. The van der Waals surface area contributed by atoms with Crippen LogP contribution in [0.25, 0.3) is 28.2 Å². The molecule has 3 aromatic heterocycles. The summed E-state index contributed by atoms with van der Waals surface area (Å²) in [7, 11) is 1.59. The van der Waals surface area contributed by atoms with Gasteiger partial charge in [0.15, 0.2) is 5.65 Å². The van der Waals surface area contributed by atoms with E-state index in [-0.39, 0.29) is 5.82 Å². The average molecular weight is 447 g/mol. The van der Waals surface area contributed by atoms with Crippen LogP contribution in [-0.4, -0.2) is 63.8 Å². The molecule has 0 N–H and O–H groups in total. The number of fused-ring (bicyclic) bond motifs is 1. The number of aromatic nitrogens is 4. The zero-order valence-electron chi connectivity index (χ0n) is 19.1. The van der Waals surface area contributed by atoms with Gasteiger partial charge in [-0.3, -0.25) is 4.90 Å². The summed E-state index contributed by atoms with van der Waals surface area (Å²) in [6, 6.07) is 14.7. The Morgan fingerprint density at radius 2 is 1.70 bits per heavy atom. The lowest BCUT2D eigenvalue weighted by molar-refractivity contribution is 0.209. The van der Waals surface area contributed by atoms with E-state index in [2.05, 4.69) is 28.6 Å². The molecule has 0 saturated carbocycles. The van der Waals surface area contributed by atoms with Crippen molar-refractivity contribution >= 4 is 11.5 Å². The van der Waals surface area contributed by atoms with Crippen LogP contribution in [0.5, 0.6) is 5.88 Å². The fourth-order valence-corrected chi connectivity index (χ4v) is 4.30. The fraction of sp³-hybridized carbons (Fsp3) is 0.320. The van der Waals surface area contributed by atoms with Crippen LogP contribution >= 0.6 is 0 Å². The predicted molar refractivity (Wildman–Crippen MR) is 127 cm³/mol. The molecule has 0 bridgehead atoms. The Hall–Kier alpha value is -3.52. The van der Waals surface area contributed by atoms with E-state index in [0.29, 0.717) is 11.9 Å². The third kappa shape index (κ3) is 4.14. The summed E-state index contributed by atoms with van der Waals surface area (Å²) in [4.78, 5) is 13.9. The van der Waals surface area contributed by atoms with E-state index < -0.39 is 0 Å². The topological polar surface area (TPSA) is 58.8 Å². The molecule has 5 rings (SSSR count). The van der Waals surface area contributed by atoms with Gasteiger partial charge in [0.2, 0.25) is 5.88 Å². The highest BCUT2D eigenvalue weighted by Gasteiger charge is 2.22. The molecule has 0 radical (unpaired) electrons. The quantitative estimate of drug-likeness (QED) is 0.459. The Bertz CT molecular complexity index is 1260. The number of anilines is 1. The Kier molecular flexibility index (Phi) is 5.68. The Labute approximate surface area is 192 Å². The van der Waals surface area contributed by atoms with Crippen molar-refractivity contribution in [2.45, 2.75) is 19.9 Å². The third-order valence-electron chi connectivity index (χ3n) is 6.17. The first kappa shape index (κ1) is 21.3. The molecule has 0 atom stereocenters. The number of nitrogens with zero attached hydrogens (tertiary/aromatic N) is 6. The number of methoxy groups -OCH3 is 1. The average Bonchev–Trinajstić information content (AvgIpc) is 3.23. The van der Waals surface area contributed by atoms with Crippen molar-refractivity contribution in [2.24, 2.45) is 0 Å². The van der Waals surface area contributed by atoms with Gasteiger partial charge in [-0.1, -0.05) is 0 Å². The van der Waals surface area contributed by atoms with Crippen molar-refractivity contribution < 1.29 is 9.13 Å². The number of rotatable bonds is 5. The molecule has 1 aliphatic heterocycles. The third-order valence-corrected chi connectivity index (χ3v) is 6.17. The van der Waals surface area contributed by atoms with Gasteiger partial charge in [-0.2, -0.15) is 0 Å². The Morgan fingerprint density at radius 1 is 0.939 bits per heavy atom. The van der Waals surface area contributed by atoms with Gasteiger partial charge in [0.05, 0.1) is 12.8 Å². The molecular formula is C25H27FN6O. The van der Waals surface area contributed by atoms with Gasteiger partial charge < -0.3 is 9.64 Å². The van der Waals surface area contributed by atoms with Crippen molar-refractivity contribution in [1.82, 2.24) is 24.5 Å². The molecule has 1 fully saturated rings. The van der Waals surface area contributed by atoms with Crippen LogP contribution in [0.2, 0.25) is 0 Å². The van der Waals surface area contributed by atoms with Gasteiger partial charge in [0.25, 0.3) is 0 Å². The molecule has 4 heterocycles. The number of ether oxygens (including phenoxy) is 1. The van der Waals surface area contributed by atoms with Crippen LogP contribution in [0, 0.1) is 5.82 Å².